The molecule has 5 heteroatoms. The molecule has 0 aliphatic carbocycles. The van der Waals surface area contributed by atoms with Gasteiger partial charge < -0.3 is 5.73 Å². The summed E-state index contributed by atoms with van der Waals surface area (Å²) in [6, 6.07) is 7.96. The molecule has 3 nitrogen and oxygen atoms in total. The van der Waals surface area contributed by atoms with E-state index in [1.54, 1.807) is 0 Å². The number of benzene rings is 1. The van der Waals surface area contributed by atoms with Crippen molar-refractivity contribution in [3.05, 3.63) is 51.2 Å². The Kier molecular flexibility index (Phi) is 4.66. The number of hydrogen-bond acceptors (Lipinski definition) is 2. The van der Waals surface area contributed by atoms with E-state index in [9.17, 15) is 0 Å². The van der Waals surface area contributed by atoms with Gasteiger partial charge in [0.15, 0.2) is 0 Å². The van der Waals surface area contributed by atoms with E-state index in [0.29, 0.717) is 17.5 Å². The zero-order valence-electron chi connectivity index (χ0n) is 11.0. The van der Waals surface area contributed by atoms with Gasteiger partial charge in [-0.25, -0.2) is 0 Å². The van der Waals surface area contributed by atoms with Crippen molar-refractivity contribution in [2.75, 3.05) is 0 Å². The fourth-order valence-corrected chi connectivity index (χ4v) is 2.89. The molecule has 102 valence electrons. The lowest BCUT2D eigenvalue weighted by molar-refractivity contribution is 0.522. The molecule has 19 heavy (non-hydrogen) atoms. The van der Waals surface area contributed by atoms with Crippen molar-refractivity contribution in [1.82, 2.24) is 9.78 Å². The van der Waals surface area contributed by atoms with Crippen molar-refractivity contribution in [2.45, 2.75) is 32.4 Å². The minimum Gasteiger partial charge on any atom is -0.324 e. The van der Waals surface area contributed by atoms with Crippen LogP contribution >= 0.6 is 27.5 Å². The van der Waals surface area contributed by atoms with Gasteiger partial charge in [-0.1, -0.05) is 33.6 Å². The molecule has 2 rings (SSSR count). The maximum absolute atomic E-state index is 6.24. The SMILES string of the molecule is CC(C)n1ccc(CC(N)c2ccc(Cl)cc2Br)n1. The predicted octanol–water partition coefficient (Wildman–Crippen LogP) is 4.12. The number of rotatable bonds is 4. The van der Waals surface area contributed by atoms with Gasteiger partial charge in [0.05, 0.1) is 5.69 Å². The zero-order valence-corrected chi connectivity index (χ0v) is 13.3. The van der Waals surface area contributed by atoms with E-state index in [0.717, 1.165) is 15.7 Å². The second kappa shape index (κ2) is 6.07. The third-order valence-electron chi connectivity index (χ3n) is 2.98. The lowest BCUT2D eigenvalue weighted by Gasteiger charge is -2.13. The third kappa shape index (κ3) is 3.59. The molecular formula is C14H17BrClN3. The molecule has 0 amide bonds. The summed E-state index contributed by atoms with van der Waals surface area (Å²) in [5.74, 6) is 0. The number of nitrogens with zero attached hydrogens (tertiary/aromatic N) is 2. The molecule has 1 heterocycles. The Labute approximate surface area is 126 Å². The van der Waals surface area contributed by atoms with E-state index < -0.39 is 0 Å². The van der Waals surface area contributed by atoms with E-state index in [1.807, 2.05) is 35.1 Å². The van der Waals surface area contributed by atoms with Crippen LogP contribution in [0.5, 0.6) is 0 Å². The first kappa shape index (κ1) is 14.6. The molecule has 1 atom stereocenters. The summed E-state index contributed by atoms with van der Waals surface area (Å²) in [6.45, 7) is 4.21. The van der Waals surface area contributed by atoms with Crippen molar-refractivity contribution in [2.24, 2.45) is 5.73 Å². The molecule has 0 spiro atoms. The maximum Gasteiger partial charge on any atom is 0.0643 e. The monoisotopic (exact) mass is 341 g/mol. The summed E-state index contributed by atoms with van der Waals surface area (Å²) in [5, 5.41) is 5.22. The fourth-order valence-electron chi connectivity index (χ4n) is 1.91. The topological polar surface area (TPSA) is 43.8 Å². The average Bonchev–Trinajstić information content (AvgIpc) is 2.77. The first-order valence-corrected chi connectivity index (χ1v) is 7.39. The van der Waals surface area contributed by atoms with E-state index in [1.165, 1.54) is 0 Å². The minimum atomic E-state index is -0.0952. The molecule has 0 fully saturated rings. The van der Waals surface area contributed by atoms with Crippen molar-refractivity contribution >= 4 is 27.5 Å². The minimum absolute atomic E-state index is 0.0952. The van der Waals surface area contributed by atoms with Gasteiger partial charge in [-0.05, 0) is 37.6 Å². The Morgan fingerprint density at radius 1 is 1.37 bits per heavy atom. The van der Waals surface area contributed by atoms with E-state index in [2.05, 4.69) is 34.9 Å². The van der Waals surface area contributed by atoms with Crippen LogP contribution in [0.3, 0.4) is 0 Å². The Morgan fingerprint density at radius 3 is 2.68 bits per heavy atom. The van der Waals surface area contributed by atoms with Crippen LogP contribution in [0.25, 0.3) is 0 Å². The standard InChI is InChI=1S/C14H17BrClN3/c1-9(2)19-6-5-11(18-19)8-14(17)12-4-3-10(16)7-13(12)15/h3-7,9,14H,8,17H2,1-2H3. The highest BCUT2D eigenvalue weighted by molar-refractivity contribution is 9.10. The molecule has 2 aromatic rings. The van der Waals surface area contributed by atoms with Crippen molar-refractivity contribution < 1.29 is 0 Å². The predicted molar refractivity (Wildman–Crippen MR) is 82.4 cm³/mol. The lowest BCUT2D eigenvalue weighted by Crippen LogP contribution is -2.14. The van der Waals surface area contributed by atoms with Gasteiger partial charge >= 0.3 is 0 Å². The summed E-state index contributed by atoms with van der Waals surface area (Å²) < 4.78 is 2.88. The molecule has 2 N–H and O–H groups in total. The van der Waals surface area contributed by atoms with Crippen LogP contribution in [-0.2, 0) is 6.42 Å². The molecule has 0 aliphatic heterocycles. The summed E-state index contributed by atoms with van der Waals surface area (Å²) >= 11 is 9.43. The van der Waals surface area contributed by atoms with Crippen LogP contribution in [0.2, 0.25) is 5.02 Å². The van der Waals surface area contributed by atoms with Crippen LogP contribution in [0, 0.1) is 0 Å². The number of nitrogens with two attached hydrogens (primary N) is 1. The van der Waals surface area contributed by atoms with Gasteiger partial charge in [0.2, 0.25) is 0 Å². The largest absolute Gasteiger partial charge is 0.324 e. The molecule has 0 radical (unpaired) electrons. The molecule has 0 saturated heterocycles. The Hall–Kier alpha value is -0.840. The first-order chi connectivity index (χ1) is 8.97. The molecule has 0 saturated carbocycles. The number of halogens is 2. The van der Waals surface area contributed by atoms with Crippen LogP contribution in [0.4, 0.5) is 0 Å². The van der Waals surface area contributed by atoms with Gasteiger partial charge in [-0.15, -0.1) is 0 Å². The van der Waals surface area contributed by atoms with Crippen LogP contribution in [-0.4, -0.2) is 9.78 Å². The molecule has 1 aromatic carbocycles. The van der Waals surface area contributed by atoms with Gasteiger partial charge in [0.25, 0.3) is 0 Å². The van der Waals surface area contributed by atoms with Gasteiger partial charge in [-0.2, -0.15) is 5.10 Å². The zero-order chi connectivity index (χ0) is 14.0. The Balaban J connectivity index is 2.13. The maximum atomic E-state index is 6.24. The number of aromatic nitrogens is 2. The van der Waals surface area contributed by atoms with Crippen LogP contribution in [0.15, 0.2) is 34.9 Å². The Bertz CT molecular complexity index is 566. The van der Waals surface area contributed by atoms with Gasteiger partial charge in [-0.3, -0.25) is 4.68 Å². The lowest BCUT2D eigenvalue weighted by atomic mass is 10.0. The first-order valence-electron chi connectivity index (χ1n) is 6.22. The smallest absolute Gasteiger partial charge is 0.0643 e. The van der Waals surface area contributed by atoms with E-state index >= 15 is 0 Å². The molecular weight excluding hydrogens is 326 g/mol. The summed E-state index contributed by atoms with van der Waals surface area (Å²) in [4.78, 5) is 0. The Morgan fingerprint density at radius 2 is 2.11 bits per heavy atom. The van der Waals surface area contributed by atoms with E-state index in [-0.39, 0.29) is 6.04 Å². The second-order valence-corrected chi connectivity index (χ2v) is 6.15. The third-order valence-corrected chi connectivity index (χ3v) is 3.91. The summed E-state index contributed by atoms with van der Waals surface area (Å²) in [5.41, 5.74) is 8.29. The highest BCUT2D eigenvalue weighted by Gasteiger charge is 2.13. The second-order valence-electron chi connectivity index (χ2n) is 4.86. The molecule has 0 bridgehead atoms. The number of hydrogen-bond donors (Lipinski definition) is 1. The highest BCUT2D eigenvalue weighted by atomic mass is 79.9. The summed E-state index contributed by atoms with van der Waals surface area (Å²) in [7, 11) is 0. The summed E-state index contributed by atoms with van der Waals surface area (Å²) in [6.07, 6.45) is 2.70. The molecule has 1 unspecified atom stereocenters. The van der Waals surface area contributed by atoms with Crippen LogP contribution < -0.4 is 5.73 Å². The fraction of sp³-hybridized carbons (Fsp3) is 0.357. The normalized spacial score (nSPS) is 12.9. The van der Waals surface area contributed by atoms with Gasteiger partial charge in [0, 0.05) is 34.2 Å². The highest BCUT2D eigenvalue weighted by Crippen LogP contribution is 2.27. The van der Waals surface area contributed by atoms with Crippen molar-refractivity contribution in [1.29, 1.82) is 0 Å². The average molecular weight is 343 g/mol. The quantitative estimate of drug-likeness (QED) is 0.908. The van der Waals surface area contributed by atoms with Crippen LogP contribution in [0.1, 0.15) is 37.2 Å². The molecule has 1 aromatic heterocycles. The van der Waals surface area contributed by atoms with Crippen molar-refractivity contribution in [3.8, 4) is 0 Å². The van der Waals surface area contributed by atoms with Crippen molar-refractivity contribution in [3.63, 3.8) is 0 Å². The van der Waals surface area contributed by atoms with Gasteiger partial charge in [0.1, 0.15) is 0 Å². The van der Waals surface area contributed by atoms with E-state index in [4.69, 9.17) is 17.3 Å². The molecule has 0 aliphatic rings.